The van der Waals surface area contributed by atoms with Crippen LogP contribution < -0.4 is 9.64 Å². The largest absolute Gasteiger partial charge is 0.492 e. The molecule has 2 fully saturated rings. The highest BCUT2D eigenvalue weighted by molar-refractivity contribution is 5.73. The topological polar surface area (TPSA) is 135 Å². The number of anilines is 1. The van der Waals surface area contributed by atoms with Crippen molar-refractivity contribution in [1.29, 1.82) is 0 Å². The minimum Gasteiger partial charge on any atom is -0.492 e. The average Bonchev–Trinajstić information content (AvgIpc) is 3.23. The SMILES string of the molecule is Fc1cnc(N2CC3(C2)OCCC3CCOc2cccnc2)nc1.O=C(O)C(F)(F)F.O=C(O)C(F)(F)F. The molecule has 210 valence electrons. The number of pyridine rings is 1. The van der Waals surface area contributed by atoms with Gasteiger partial charge in [0.1, 0.15) is 11.4 Å². The molecule has 2 saturated heterocycles. The van der Waals surface area contributed by atoms with Crippen LogP contribution in [0.5, 0.6) is 5.75 Å². The molecule has 2 aliphatic rings. The van der Waals surface area contributed by atoms with Gasteiger partial charge in [-0.05, 0) is 30.9 Å². The number of hydrogen-bond acceptors (Lipinski definition) is 8. The van der Waals surface area contributed by atoms with E-state index < -0.39 is 30.1 Å². The summed E-state index contributed by atoms with van der Waals surface area (Å²) >= 11 is 0. The zero-order valence-corrected chi connectivity index (χ0v) is 19.2. The Morgan fingerprint density at radius 3 is 2.08 bits per heavy atom. The maximum Gasteiger partial charge on any atom is 0.490 e. The van der Waals surface area contributed by atoms with Gasteiger partial charge in [-0.15, -0.1) is 0 Å². The molecular formula is C21H21F7N4O6. The second kappa shape index (κ2) is 12.7. The van der Waals surface area contributed by atoms with Crippen molar-refractivity contribution in [3.63, 3.8) is 0 Å². The monoisotopic (exact) mass is 558 g/mol. The van der Waals surface area contributed by atoms with E-state index in [9.17, 15) is 30.7 Å². The molecule has 0 aromatic carbocycles. The van der Waals surface area contributed by atoms with Crippen LogP contribution in [0.3, 0.4) is 0 Å². The predicted molar refractivity (Wildman–Crippen MR) is 113 cm³/mol. The fraction of sp³-hybridized carbons (Fsp3) is 0.476. The first kappa shape index (κ1) is 30.5. The first-order valence-electron chi connectivity index (χ1n) is 10.6. The van der Waals surface area contributed by atoms with Gasteiger partial charge < -0.3 is 24.6 Å². The Hall–Kier alpha value is -3.76. The summed E-state index contributed by atoms with van der Waals surface area (Å²) in [4.78, 5) is 31.9. The van der Waals surface area contributed by atoms with E-state index in [2.05, 4.69) is 15.0 Å². The number of aliphatic carboxylic acids is 2. The zero-order valence-electron chi connectivity index (χ0n) is 19.2. The third-order valence-electron chi connectivity index (χ3n) is 5.26. The van der Waals surface area contributed by atoms with E-state index in [0.29, 0.717) is 18.5 Å². The molecule has 2 N–H and O–H groups in total. The molecule has 0 amide bonds. The van der Waals surface area contributed by atoms with Gasteiger partial charge in [-0.3, -0.25) is 4.98 Å². The number of ether oxygens (including phenoxy) is 2. The van der Waals surface area contributed by atoms with E-state index in [1.165, 1.54) is 12.4 Å². The van der Waals surface area contributed by atoms with Crippen LogP contribution in [0.4, 0.5) is 36.7 Å². The Bertz CT molecular complexity index is 1020. The molecule has 0 saturated carbocycles. The van der Waals surface area contributed by atoms with Crippen LogP contribution in [0.1, 0.15) is 12.8 Å². The molecule has 2 aromatic rings. The van der Waals surface area contributed by atoms with Gasteiger partial charge >= 0.3 is 24.3 Å². The summed E-state index contributed by atoms with van der Waals surface area (Å²) in [5, 5.41) is 14.2. The van der Waals surface area contributed by atoms with Crippen LogP contribution in [0.2, 0.25) is 0 Å². The molecule has 2 aromatic heterocycles. The molecule has 17 heteroatoms. The average molecular weight is 558 g/mol. The van der Waals surface area contributed by atoms with Gasteiger partial charge in [0.25, 0.3) is 0 Å². The highest BCUT2D eigenvalue weighted by atomic mass is 19.4. The Morgan fingerprint density at radius 2 is 1.61 bits per heavy atom. The third-order valence-corrected chi connectivity index (χ3v) is 5.26. The van der Waals surface area contributed by atoms with E-state index in [4.69, 9.17) is 29.3 Å². The van der Waals surface area contributed by atoms with E-state index >= 15 is 0 Å². The van der Waals surface area contributed by atoms with E-state index in [-0.39, 0.29) is 5.60 Å². The van der Waals surface area contributed by atoms with Crippen LogP contribution in [0, 0.1) is 11.7 Å². The number of aromatic nitrogens is 3. The number of halogens is 7. The fourth-order valence-corrected chi connectivity index (χ4v) is 3.50. The number of nitrogens with zero attached hydrogens (tertiary/aromatic N) is 4. The first-order chi connectivity index (χ1) is 17.6. The molecule has 0 aliphatic carbocycles. The highest BCUT2D eigenvalue weighted by Crippen LogP contribution is 2.42. The number of carboxylic acid groups (broad SMARTS) is 2. The molecular weight excluding hydrogens is 537 g/mol. The van der Waals surface area contributed by atoms with Gasteiger partial charge in [-0.2, -0.15) is 26.3 Å². The molecule has 10 nitrogen and oxygen atoms in total. The molecule has 4 heterocycles. The summed E-state index contributed by atoms with van der Waals surface area (Å²) < 4.78 is 88.2. The van der Waals surface area contributed by atoms with Gasteiger partial charge in [0, 0.05) is 12.8 Å². The number of carbonyl (C=O) groups is 2. The van der Waals surface area contributed by atoms with Crippen molar-refractivity contribution in [1.82, 2.24) is 15.0 Å². The minimum atomic E-state index is -5.08. The first-order valence-corrected chi connectivity index (χ1v) is 10.6. The fourth-order valence-electron chi connectivity index (χ4n) is 3.50. The van der Waals surface area contributed by atoms with Crippen molar-refractivity contribution >= 4 is 17.9 Å². The Kier molecular flexibility index (Phi) is 10.1. The van der Waals surface area contributed by atoms with Crippen molar-refractivity contribution < 1.29 is 60.0 Å². The molecule has 38 heavy (non-hydrogen) atoms. The van der Waals surface area contributed by atoms with Crippen LogP contribution in [-0.4, -0.2) is 81.4 Å². The van der Waals surface area contributed by atoms with Crippen molar-refractivity contribution in [2.75, 3.05) is 31.2 Å². The van der Waals surface area contributed by atoms with Gasteiger partial charge in [-0.1, -0.05) is 0 Å². The summed E-state index contributed by atoms with van der Waals surface area (Å²) in [6, 6.07) is 3.77. The van der Waals surface area contributed by atoms with Crippen LogP contribution in [-0.2, 0) is 14.3 Å². The number of alkyl halides is 6. The Morgan fingerprint density at radius 1 is 1.05 bits per heavy atom. The second-order valence-electron chi connectivity index (χ2n) is 7.89. The maximum atomic E-state index is 12.9. The summed E-state index contributed by atoms with van der Waals surface area (Å²) in [5.74, 6) is -4.13. The van der Waals surface area contributed by atoms with Crippen LogP contribution >= 0.6 is 0 Å². The second-order valence-corrected chi connectivity index (χ2v) is 7.89. The summed E-state index contributed by atoms with van der Waals surface area (Å²) in [5.41, 5.74) is -0.143. The van der Waals surface area contributed by atoms with Gasteiger partial charge in [-0.25, -0.2) is 23.9 Å². The highest BCUT2D eigenvalue weighted by Gasteiger charge is 2.53. The number of carboxylic acids is 2. The molecule has 1 atom stereocenters. The minimum absolute atomic E-state index is 0.143. The molecule has 1 unspecified atom stereocenters. The summed E-state index contributed by atoms with van der Waals surface area (Å²) in [6.45, 7) is 2.91. The quantitative estimate of drug-likeness (QED) is 0.526. The van der Waals surface area contributed by atoms with Gasteiger partial charge in [0.15, 0.2) is 5.82 Å². The lowest BCUT2D eigenvalue weighted by atomic mass is 9.79. The smallest absolute Gasteiger partial charge is 0.490 e. The van der Waals surface area contributed by atoms with Crippen molar-refractivity contribution in [2.24, 2.45) is 5.92 Å². The van der Waals surface area contributed by atoms with Crippen LogP contribution in [0.25, 0.3) is 0 Å². The van der Waals surface area contributed by atoms with Crippen LogP contribution in [0.15, 0.2) is 36.9 Å². The normalized spacial score (nSPS) is 17.9. The number of hydrogen-bond donors (Lipinski definition) is 2. The molecule has 2 aliphatic heterocycles. The summed E-state index contributed by atoms with van der Waals surface area (Å²) in [7, 11) is 0. The van der Waals surface area contributed by atoms with E-state index in [1.807, 2.05) is 17.0 Å². The molecule has 4 rings (SSSR count). The zero-order chi connectivity index (χ0) is 28.6. The van der Waals surface area contributed by atoms with E-state index in [0.717, 1.165) is 38.3 Å². The standard InChI is InChI=1S/C17H19FN4O2.2C2HF3O2/c18-14-8-20-16(21-9-14)22-11-17(12-22)13(4-7-24-17)3-6-23-15-2-1-5-19-10-15;2*3-2(4,5)1(6)7/h1-2,5,8-10,13H,3-4,6-7,11-12H2;2*(H,6,7). The molecule has 0 bridgehead atoms. The molecule has 0 radical (unpaired) electrons. The maximum absolute atomic E-state index is 12.9. The Labute approximate surface area is 210 Å². The third kappa shape index (κ3) is 8.97. The van der Waals surface area contributed by atoms with Crippen molar-refractivity contribution in [3.05, 3.63) is 42.7 Å². The molecule has 1 spiro atoms. The van der Waals surface area contributed by atoms with Gasteiger partial charge in [0.05, 0.1) is 38.3 Å². The van der Waals surface area contributed by atoms with E-state index in [1.54, 1.807) is 12.4 Å². The Balaban J connectivity index is 0.000000301. The van der Waals surface area contributed by atoms with Gasteiger partial charge in [0.2, 0.25) is 5.95 Å². The number of rotatable bonds is 5. The lowest BCUT2D eigenvalue weighted by molar-refractivity contribution is -0.193. The van der Waals surface area contributed by atoms with Crippen molar-refractivity contribution in [3.8, 4) is 5.75 Å². The van der Waals surface area contributed by atoms with Crippen molar-refractivity contribution in [2.45, 2.75) is 30.8 Å². The summed E-state index contributed by atoms with van der Waals surface area (Å²) in [6.07, 6.45) is -2.35. The lowest BCUT2D eigenvalue weighted by Crippen LogP contribution is -2.65. The lowest BCUT2D eigenvalue weighted by Gasteiger charge is -2.50. The predicted octanol–water partition coefficient (Wildman–Crippen LogP) is 3.34.